The average molecular weight is 534 g/mol. The summed E-state index contributed by atoms with van der Waals surface area (Å²) in [5.41, 5.74) is 0.889. The summed E-state index contributed by atoms with van der Waals surface area (Å²) in [5.74, 6) is 0.650. The lowest BCUT2D eigenvalue weighted by Gasteiger charge is -2.37. The molecule has 0 aromatic heterocycles. The molecule has 7 nitrogen and oxygen atoms in total. The minimum absolute atomic E-state index is 0. The first-order chi connectivity index (χ1) is 14.1. The monoisotopic (exact) mass is 534 g/mol. The zero-order chi connectivity index (χ0) is 20.6. The lowest BCUT2D eigenvalue weighted by Crippen LogP contribution is -2.55. The average Bonchev–Trinajstić information content (AvgIpc) is 3.29. The van der Waals surface area contributed by atoms with Crippen LogP contribution in [0.15, 0.2) is 29.3 Å². The molecule has 2 atom stereocenters. The van der Waals surface area contributed by atoms with Crippen molar-refractivity contribution in [3.05, 3.63) is 35.6 Å². The number of rotatable bonds is 6. The van der Waals surface area contributed by atoms with Crippen molar-refractivity contribution in [1.82, 2.24) is 15.1 Å². The molecule has 0 spiro atoms. The summed E-state index contributed by atoms with van der Waals surface area (Å²) in [5, 5.41) is 3.32. The van der Waals surface area contributed by atoms with Crippen LogP contribution in [-0.2, 0) is 14.3 Å². The van der Waals surface area contributed by atoms with Gasteiger partial charge in [-0.2, -0.15) is 0 Å². The molecule has 0 aliphatic carbocycles. The SMILES string of the molecule is CCNC(=NCC(OC)c1ccc(F)cc1)N1CCN(C(=O)C2CCCO2)CC1.I. The summed E-state index contributed by atoms with van der Waals surface area (Å²) >= 11 is 0. The maximum atomic E-state index is 13.2. The van der Waals surface area contributed by atoms with Crippen molar-refractivity contribution in [2.24, 2.45) is 4.99 Å². The van der Waals surface area contributed by atoms with Gasteiger partial charge in [0.25, 0.3) is 5.91 Å². The number of methoxy groups -OCH3 is 1. The summed E-state index contributed by atoms with van der Waals surface area (Å²) in [4.78, 5) is 21.3. The Kier molecular flexibility index (Phi) is 10.3. The Morgan fingerprint density at radius 1 is 1.27 bits per heavy atom. The van der Waals surface area contributed by atoms with Crippen molar-refractivity contribution in [2.75, 3.05) is 53.0 Å². The van der Waals surface area contributed by atoms with Crippen LogP contribution in [0.4, 0.5) is 4.39 Å². The molecule has 2 saturated heterocycles. The molecule has 1 N–H and O–H groups in total. The molecule has 1 aromatic rings. The molecule has 3 rings (SSSR count). The van der Waals surface area contributed by atoms with Crippen LogP contribution < -0.4 is 5.32 Å². The van der Waals surface area contributed by atoms with E-state index in [2.05, 4.69) is 10.2 Å². The Hall–Kier alpha value is -1.46. The third-order valence-corrected chi connectivity index (χ3v) is 5.36. The Bertz CT molecular complexity index is 690. The fraction of sp³-hybridized carbons (Fsp3) is 0.619. The molecule has 2 aliphatic heterocycles. The molecular weight excluding hydrogens is 502 g/mol. The third kappa shape index (κ3) is 6.52. The Labute approximate surface area is 195 Å². The number of hydrogen-bond acceptors (Lipinski definition) is 4. The predicted molar refractivity (Wildman–Crippen MR) is 125 cm³/mol. The second kappa shape index (κ2) is 12.4. The van der Waals surface area contributed by atoms with E-state index in [1.54, 1.807) is 19.2 Å². The molecule has 0 bridgehead atoms. The van der Waals surface area contributed by atoms with E-state index in [-0.39, 0.29) is 47.9 Å². The van der Waals surface area contributed by atoms with E-state index in [0.29, 0.717) is 26.2 Å². The lowest BCUT2D eigenvalue weighted by molar-refractivity contribution is -0.142. The predicted octanol–water partition coefficient (Wildman–Crippen LogP) is 2.42. The van der Waals surface area contributed by atoms with E-state index in [1.165, 1.54) is 12.1 Å². The molecule has 30 heavy (non-hydrogen) atoms. The van der Waals surface area contributed by atoms with Gasteiger partial charge >= 0.3 is 0 Å². The summed E-state index contributed by atoms with van der Waals surface area (Å²) < 4.78 is 24.3. The van der Waals surface area contributed by atoms with E-state index < -0.39 is 0 Å². The second-order valence-electron chi connectivity index (χ2n) is 7.28. The standard InChI is InChI=1S/C21H31FN4O3.HI/c1-3-23-21(24-15-19(28-2)16-6-8-17(22)9-7-16)26-12-10-25(11-13-26)20(27)18-5-4-14-29-18;/h6-9,18-19H,3-5,10-15H2,1-2H3,(H,23,24);1H. The van der Waals surface area contributed by atoms with Crippen molar-refractivity contribution in [2.45, 2.75) is 32.0 Å². The number of nitrogens with zero attached hydrogens (tertiary/aromatic N) is 3. The first kappa shape index (κ1) is 24.8. The van der Waals surface area contributed by atoms with Gasteiger partial charge in [0.15, 0.2) is 5.96 Å². The summed E-state index contributed by atoms with van der Waals surface area (Å²) in [6.45, 7) is 6.66. The Balaban J connectivity index is 0.00000320. The maximum absolute atomic E-state index is 13.2. The summed E-state index contributed by atoms with van der Waals surface area (Å²) in [6.07, 6.45) is 1.28. The van der Waals surface area contributed by atoms with Crippen LogP contribution >= 0.6 is 24.0 Å². The van der Waals surface area contributed by atoms with E-state index in [9.17, 15) is 9.18 Å². The van der Waals surface area contributed by atoms with Crippen molar-refractivity contribution in [3.8, 4) is 0 Å². The minimum atomic E-state index is -0.268. The van der Waals surface area contributed by atoms with E-state index in [4.69, 9.17) is 14.5 Å². The highest BCUT2D eigenvalue weighted by Gasteiger charge is 2.31. The van der Waals surface area contributed by atoms with Gasteiger partial charge in [0.05, 0.1) is 6.54 Å². The van der Waals surface area contributed by atoms with Gasteiger partial charge in [0, 0.05) is 46.4 Å². The van der Waals surface area contributed by atoms with Gasteiger partial charge in [-0.1, -0.05) is 12.1 Å². The van der Waals surface area contributed by atoms with Crippen LogP contribution in [0.2, 0.25) is 0 Å². The number of piperazine rings is 1. The van der Waals surface area contributed by atoms with Crippen LogP contribution in [0.3, 0.4) is 0 Å². The van der Waals surface area contributed by atoms with Crippen LogP contribution in [0.5, 0.6) is 0 Å². The van der Waals surface area contributed by atoms with Crippen LogP contribution in [0, 0.1) is 5.82 Å². The zero-order valence-electron chi connectivity index (χ0n) is 17.7. The highest BCUT2D eigenvalue weighted by atomic mass is 127. The molecule has 0 radical (unpaired) electrons. The molecule has 1 aromatic carbocycles. The number of hydrogen-bond donors (Lipinski definition) is 1. The van der Waals surface area contributed by atoms with Crippen molar-refractivity contribution < 1.29 is 18.7 Å². The number of guanidine groups is 1. The van der Waals surface area contributed by atoms with Crippen molar-refractivity contribution in [3.63, 3.8) is 0 Å². The molecular formula is C21H32FIN4O3. The molecule has 2 aliphatic rings. The Morgan fingerprint density at radius 2 is 1.93 bits per heavy atom. The largest absolute Gasteiger partial charge is 0.375 e. The van der Waals surface area contributed by atoms with Crippen LogP contribution in [0.25, 0.3) is 0 Å². The Morgan fingerprint density at radius 3 is 2.50 bits per heavy atom. The number of aliphatic imine (C=N–C) groups is 1. The smallest absolute Gasteiger partial charge is 0.251 e. The quantitative estimate of drug-likeness (QED) is 0.345. The summed E-state index contributed by atoms with van der Waals surface area (Å²) in [6, 6.07) is 6.31. The van der Waals surface area contributed by atoms with Gasteiger partial charge in [-0.3, -0.25) is 9.79 Å². The molecule has 1 amide bonds. The number of carbonyl (C=O) groups is 1. The number of halogens is 2. The second-order valence-corrected chi connectivity index (χ2v) is 7.28. The van der Waals surface area contributed by atoms with Crippen molar-refractivity contribution >= 4 is 35.8 Å². The van der Waals surface area contributed by atoms with Crippen LogP contribution in [-0.4, -0.2) is 80.8 Å². The topological polar surface area (TPSA) is 66.4 Å². The van der Waals surface area contributed by atoms with Crippen molar-refractivity contribution in [1.29, 1.82) is 0 Å². The van der Waals surface area contributed by atoms with E-state index >= 15 is 0 Å². The number of benzene rings is 1. The molecule has 2 heterocycles. The maximum Gasteiger partial charge on any atom is 0.251 e. The van der Waals surface area contributed by atoms with E-state index in [1.807, 2.05) is 11.8 Å². The first-order valence-corrected chi connectivity index (χ1v) is 10.3. The van der Waals surface area contributed by atoms with Gasteiger partial charge in [-0.25, -0.2) is 4.39 Å². The van der Waals surface area contributed by atoms with Crippen LogP contribution in [0.1, 0.15) is 31.4 Å². The van der Waals surface area contributed by atoms with Gasteiger partial charge in [0.1, 0.15) is 18.0 Å². The molecule has 2 fully saturated rings. The van der Waals surface area contributed by atoms with Gasteiger partial charge < -0.3 is 24.6 Å². The molecule has 0 saturated carbocycles. The number of ether oxygens (including phenoxy) is 2. The van der Waals surface area contributed by atoms with Gasteiger partial charge in [0.2, 0.25) is 0 Å². The molecule has 9 heteroatoms. The zero-order valence-corrected chi connectivity index (χ0v) is 20.0. The molecule has 168 valence electrons. The normalized spacial score (nSPS) is 20.6. The lowest BCUT2D eigenvalue weighted by atomic mass is 10.1. The number of amides is 1. The van der Waals surface area contributed by atoms with E-state index in [0.717, 1.165) is 44.0 Å². The highest BCUT2D eigenvalue weighted by Crippen LogP contribution is 2.18. The third-order valence-electron chi connectivity index (χ3n) is 5.36. The molecule has 2 unspecified atom stereocenters. The summed E-state index contributed by atoms with van der Waals surface area (Å²) in [7, 11) is 1.63. The first-order valence-electron chi connectivity index (χ1n) is 10.3. The fourth-order valence-electron chi connectivity index (χ4n) is 3.70. The van der Waals surface area contributed by atoms with Gasteiger partial charge in [-0.05, 0) is 37.5 Å². The minimum Gasteiger partial charge on any atom is -0.375 e. The van der Waals surface area contributed by atoms with Gasteiger partial charge in [-0.15, -0.1) is 24.0 Å². The number of nitrogens with one attached hydrogen (secondary N) is 1. The number of carbonyl (C=O) groups excluding carboxylic acids is 1. The highest BCUT2D eigenvalue weighted by molar-refractivity contribution is 14.0. The fourth-order valence-corrected chi connectivity index (χ4v) is 3.70.